The summed E-state index contributed by atoms with van der Waals surface area (Å²) in [6.45, 7) is 21.3. The number of ether oxygens (including phenoxy) is 13. The van der Waals surface area contributed by atoms with Crippen molar-refractivity contribution in [2.75, 3.05) is 274 Å². The van der Waals surface area contributed by atoms with Crippen molar-refractivity contribution >= 4 is 273 Å². The summed E-state index contributed by atoms with van der Waals surface area (Å²) in [5, 5.41) is 7.70. The van der Waals surface area contributed by atoms with Gasteiger partial charge in [0.1, 0.15) is 19.8 Å². The van der Waals surface area contributed by atoms with E-state index in [-0.39, 0.29) is 115 Å². The van der Waals surface area contributed by atoms with Gasteiger partial charge in [0.15, 0.2) is 0 Å². The van der Waals surface area contributed by atoms with Crippen molar-refractivity contribution in [1.82, 2.24) is 28.4 Å². The number of amides is 3. The molecule has 1 aliphatic heterocycles. The van der Waals surface area contributed by atoms with Crippen LogP contribution < -0.4 is 17.1 Å². The van der Waals surface area contributed by atoms with E-state index in [2.05, 4.69) is 234 Å². The van der Waals surface area contributed by atoms with Crippen molar-refractivity contribution in [3.63, 3.8) is 0 Å². The Morgan fingerprint density at radius 3 is 0.731 bits per heavy atom. The minimum absolute atomic E-state index is 0. The van der Waals surface area contributed by atoms with Gasteiger partial charge in [-0.3, -0.25) is 28.8 Å². The van der Waals surface area contributed by atoms with Crippen molar-refractivity contribution < 1.29 is 96.1 Å². The lowest BCUT2D eigenvalue weighted by molar-refractivity contribution is -0.152. The van der Waals surface area contributed by atoms with Crippen LogP contribution in [0.5, 0.6) is 0 Å². The maximum absolute atomic E-state index is 12.7. The Hall–Kier alpha value is 0.220. The first-order valence-corrected chi connectivity index (χ1v) is 62.6. The highest BCUT2D eigenvalue weighted by molar-refractivity contribution is 14.1. The number of hydrogen-bond donors (Lipinski definition) is 17. The number of esters is 3. The number of unbranched alkanes of at least 4 members (excludes halogenated alkanes) is 20. The van der Waals surface area contributed by atoms with Gasteiger partial charge >= 0.3 is 35.0 Å². The quantitative estimate of drug-likeness (QED) is 0.00548. The Labute approximate surface area is 984 Å². The van der Waals surface area contributed by atoms with Gasteiger partial charge in [0.05, 0.1) is 203 Å². The van der Waals surface area contributed by atoms with Crippen LogP contribution >= 0.6 is 237 Å². The SMILES string of the molecule is C=CC(=O)N1CN(C(=O)C=C)CN(C(=O)C=C)C1.O=C(CCS)OCCn1c(=O)n(CCOC(=O)CCS)c(=O)n(CCOC(=O)CCS)c1=O.SCC1CC2C3CC(CS)C(C3)C2C1.SCCCCCCCCCCCCCCCCS.SCCCCCCCCCCS.SCCOCCOCCOCCOCCOCCS.SCCOCCOCCOCCS.SCCOCCOCCS.SCCS.[2H][2H].[3HH].[3H]C(I)C#N. The van der Waals surface area contributed by atoms with Gasteiger partial charge in [-0.1, -0.05) is 158 Å². The van der Waals surface area contributed by atoms with E-state index in [1.54, 1.807) is 35.1 Å². The first kappa shape index (κ1) is 149. The minimum atomic E-state index is -0.955. The molecule has 7 atom stereocenters. The van der Waals surface area contributed by atoms with E-state index in [1.165, 1.54) is 175 Å². The third-order valence-corrected chi connectivity index (χ3v) is 26.6. The van der Waals surface area contributed by atoms with Crippen LogP contribution in [0.2, 0.25) is 0 Å². The zero-order chi connectivity index (χ0) is 112. The van der Waals surface area contributed by atoms with E-state index in [9.17, 15) is 43.2 Å². The molecule has 145 heavy (non-hydrogen) atoms. The van der Waals surface area contributed by atoms with Crippen LogP contribution in [0.25, 0.3) is 0 Å². The number of aromatic nitrogens is 3. The van der Waals surface area contributed by atoms with Crippen molar-refractivity contribution in [2.24, 2.45) is 35.5 Å². The molecule has 4 aliphatic rings. The van der Waals surface area contributed by atoms with Crippen LogP contribution in [-0.2, 0) is 110 Å². The standard InChI is InChI=1S/C18H27N3O9S3.C16H34S2.C12H15N3O3.C12H26O5S2.C12H20S2.C10H22S2.C8H18O3S2.C6H14O2S2.C2H2IN.C2H6S2.2H2/c22-13(1-10-31)28-7-4-19-16(25)20(5-8-29-14(23)2-11-32)18(27)21(17(19)26)6-9-30-15(24)3-12-33;17-15-13-11-9-7-5-3-1-2-4-6-8-10-12-14-16-18;1-4-10(16)13-7-14(11(17)5-2)9-15(8-13)12(18)6-3;18-11-9-16-7-5-14-3-1-13-2-4-15-6-8-17-10-12-19;13-5-7-1-10-8-3-9(6-14)11(4-8)12(10)2-7;11-9-7-5-3-1-2-4-6-8-10-12;12-7-5-10-3-1-9-2-4-11-6-8-13;9-5-3-7-1-2-8-4-6-10;2*3-1-2-4;;/h31-33H,1-12H2;17-18H,1-16H2;4-6H,1-3,7-9H2;18-19H,1-12H2;7-14H,1-6H2;11-12H,1-10H2;12-13H,1-8H2;9-10H,1-6H2;1H2;3-4H,1-2H2;2*1H/i;;;;;;;;1T;;1+2;1+1D. The summed E-state index contributed by atoms with van der Waals surface area (Å²) >= 11 is 71.0. The van der Waals surface area contributed by atoms with Gasteiger partial charge in [-0.05, 0) is 151 Å². The van der Waals surface area contributed by atoms with Gasteiger partial charge in [0.2, 0.25) is 17.7 Å². The molecule has 47 heteroatoms. The first-order chi connectivity index (χ1) is 71.9. The molecule has 3 amide bonds. The van der Waals surface area contributed by atoms with Crippen LogP contribution in [0.4, 0.5) is 0 Å². The summed E-state index contributed by atoms with van der Waals surface area (Å²) in [6.07, 6.45) is 40.4. The van der Waals surface area contributed by atoms with Crippen molar-refractivity contribution in [1.29, 1.82) is 5.26 Å². The van der Waals surface area contributed by atoms with E-state index in [4.69, 9.17) is 71.2 Å². The lowest BCUT2D eigenvalue weighted by Crippen LogP contribution is -2.58. The van der Waals surface area contributed by atoms with Crippen molar-refractivity contribution in [3.8, 4) is 6.07 Å². The predicted molar refractivity (Wildman–Crippen MR) is 665 cm³/mol. The number of halogens is 1. The number of alkyl halides is 1. The van der Waals surface area contributed by atoms with Gasteiger partial charge in [-0.2, -0.15) is 220 Å². The van der Waals surface area contributed by atoms with E-state index < -0.39 is 39.4 Å². The zero-order valence-corrected chi connectivity index (χ0v) is 103. The van der Waals surface area contributed by atoms with Gasteiger partial charge in [0.25, 0.3) is 0 Å². The average Bonchev–Trinajstić information content (AvgIpc) is 1.57. The second-order valence-corrected chi connectivity index (χ2v) is 40.6. The molecular weight excluding hydrogens is 2300 g/mol. The first-order valence-electron chi connectivity index (χ1n) is 52.2. The second-order valence-electron chi connectivity index (χ2n) is 32.6. The number of fused-ring (bicyclic) bond motifs is 5. The molecule has 1 aromatic rings. The highest BCUT2D eigenvalue weighted by atomic mass is 127. The molecule has 0 aromatic carbocycles. The van der Waals surface area contributed by atoms with Crippen molar-refractivity contribution in [3.05, 3.63) is 69.4 Å². The molecule has 0 N–H and O–H groups in total. The lowest BCUT2D eigenvalue weighted by atomic mass is 9.76. The summed E-state index contributed by atoms with van der Waals surface area (Å²) in [6, 6.07) is 1.68. The summed E-state index contributed by atoms with van der Waals surface area (Å²) in [7, 11) is 0. The number of nitriles is 1. The molecule has 1 saturated heterocycles. The van der Waals surface area contributed by atoms with E-state index in [1.807, 2.05) is 0 Å². The number of carbonyl (C=O) groups excluding carboxylic acids is 6. The summed E-state index contributed by atoms with van der Waals surface area (Å²) in [5.74, 6) is 17.1. The predicted octanol–water partition coefficient (Wildman–Crippen LogP) is 17.1. The van der Waals surface area contributed by atoms with Crippen LogP contribution in [0.1, 0.15) is 192 Å². The molecule has 3 aliphatic carbocycles. The number of nitrogens with zero attached hydrogens (tertiary/aromatic N) is 7. The monoisotopic (exact) mass is 2490 g/mol. The third-order valence-electron chi connectivity index (χ3n) is 21.5. The fourth-order valence-electron chi connectivity index (χ4n) is 14.6. The van der Waals surface area contributed by atoms with Crippen LogP contribution in [-0.4, -0.2) is 338 Å². The maximum atomic E-state index is 12.7. The number of hydrogen-bond acceptors (Lipinski definition) is 40. The average molecular weight is 2490 g/mol. The van der Waals surface area contributed by atoms with Gasteiger partial charge in [-0.15, -0.1) is 0 Å². The molecular formula is C98H188IN7O22S17. The normalized spacial score (nSPS) is 15.7. The van der Waals surface area contributed by atoms with Crippen LogP contribution in [0, 0.1) is 46.8 Å². The highest BCUT2D eigenvalue weighted by Gasteiger charge is 2.55. The molecule has 7 unspecified atom stereocenters. The lowest BCUT2D eigenvalue weighted by Gasteiger charge is -2.41. The Bertz CT molecular complexity index is 3190. The molecule has 0 spiro atoms. The van der Waals surface area contributed by atoms with Crippen LogP contribution in [0.3, 0.4) is 0 Å². The van der Waals surface area contributed by atoms with Gasteiger partial charge < -0.3 is 76.3 Å². The number of carbonyl (C=O) groups is 6. The fraction of sp³-hybridized carbons (Fsp3) is 0.837. The largest absolute Gasteiger partial charge is 0.464 e. The molecule has 3 saturated carbocycles. The van der Waals surface area contributed by atoms with Crippen molar-refractivity contribution in [2.45, 2.75) is 206 Å². The molecule has 29 nitrogen and oxygen atoms in total. The van der Waals surface area contributed by atoms with E-state index >= 15 is 0 Å². The molecule has 856 valence electrons. The summed E-state index contributed by atoms with van der Waals surface area (Å²) in [5.41, 5.74) is -2.86. The van der Waals surface area contributed by atoms with Gasteiger partial charge in [-0.25, -0.2) is 28.1 Å². The molecule has 0 radical (unpaired) electrons. The second kappa shape index (κ2) is 121. The topological polar surface area (TPSA) is 322 Å². The molecule has 2 heterocycles. The molecule has 1 aromatic heterocycles. The van der Waals surface area contributed by atoms with Gasteiger partial charge in [0, 0.05) is 56.2 Å². The zero-order valence-electron chi connectivity index (χ0n) is 89.0. The third kappa shape index (κ3) is 93.9. The van der Waals surface area contributed by atoms with E-state index in [0.29, 0.717) is 132 Å². The Balaban J connectivity index is -0.000000312. The highest BCUT2D eigenvalue weighted by Crippen LogP contribution is 2.62. The number of rotatable bonds is 78. The Morgan fingerprint density at radius 1 is 0.324 bits per heavy atom. The molecule has 4 fully saturated rings. The fourth-order valence-corrected chi connectivity index (χ4v) is 17.5. The molecule has 2 bridgehead atoms. The molecule has 5 rings (SSSR count). The number of thiol groups is 17. The minimum Gasteiger partial charge on any atom is -0.464 e. The summed E-state index contributed by atoms with van der Waals surface area (Å²) < 4.78 is 85.0. The van der Waals surface area contributed by atoms with Crippen LogP contribution in [0.15, 0.2) is 52.3 Å². The Kier molecular flexibility index (Phi) is 125. The van der Waals surface area contributed by atoms with E-state index in [0.717, 1.165) is 148 Å². The Morgan fingerprint density at radius 2 is 0.545 bits per heavy atom. The summed E-state index contributed by atoms with van der Waals surface area (Å²) in [4.78, 5) is 111. The smallest absolute Gasteiger partial charge is 0.336 e. The maximum Gasteiger partial charge on any atom is 0.336 e.